The van der Waals surface area contributed by atoms with Crippen LogP contribution in [-0.2, 0) is 14.8 Å². The molecule has 0 atom stereocenters. The molecule has 0 radical (unpaired) electrons. The van der Waals surface area contributed by atoms with Crippen LogP contribution in [0.2, 0.25) is 0 Å². The molecule has 218 valence electrons. The molecule has 1 amide bonds. The Morgan fingerprint density at radius 1 is 0.881 bits per heavy atom. The van der Waals surface area contributed by atoms with Crippen molar-refractivity contribution in [2.75, 3.05) is 17.9 Å². The fourth-order valence-corrected chi connectivity index (χ4v) is 5.51. The zero-order valence-electron chi connectivity index (χ0n) is 23.7. The summed E-state index contributed by atoms with van der Waals surface area (Å²) in [5.41, 5.74) is 6.22. The van der Waals surface area contributed by atoms with E-state index in [1.54, 1.807) is 19.1 Å². The number of anilines is 1. The van der Waals surface area contributed by atoms with Crippen molar-refractivity contribution < 1.29 is 27.5 Å². The number of para-hydroxylation sites is 1. The fourth-order valence-electron chi connectivity index (χ4n) is 4.45. The number of carbonyl (C=O) groups excluding carboxylic acids is 2. The van der Waals surface area contributed by atoms with Crippen molar-refractivity contribution in [1.29, 1.82) is 0 Å². The topological polar surface area (TPSA) is 128 Å². The van der Waals surface area contributed by atoms with E-state index in [9.17, 15) is 18.0 Å². The summed E-state index contributed by atoms with van der Waals surface area (Å²) >= 11 is 0. The van der Waals surface area contributed by atoms with Crippen molar-refractivity contribution in [3.05, 3.63) is 107 Å². The summed E-state index contributed by atoms with van der Waals surface area (Å²) in [6.45, 7) is 7.96. The lowest BCUT2D eigenvalue weighted by molar-refractivity contribution is 0.0525. The lowest BCUT2D eigenvalue weighted by Crippen LogP contribution is -2.18. The zero-order valence-corrected chi connectivity index (χ0v) is 24.6. The van der Waals surface area contributed by atoms with E-state index in [4.69, 9.17) is 9.47 Å². The summed E-state index contributed by atoms with van der Waals surface area (Å²) in [6, 6.07) is 21.6. The first-order chi connectivity index (χ1) is 20.2. The number of carbonyl (C=O) groups is 2. The Morgan fingerprint density at radius 2 is 1.55 bits per heavy atom. The molecule has 2 N–H and O–H groups in total. The van der Waals surface area contributed by atoms with E-state index in [1.165, 1.54) is 42.6 Å². The van der Waals surface area contributed by atoms with Gasteiger partial charge in [-0.25, -0.2) is 18.6 Å². The Hall–Kier alpha value is -4.90. The first-order valence-electron chi connectivity index (χ1n) is 13.3. The summed E-state index contributed by atoms with van der Waals surface area (Å²) in [7, 11) is -3.83. The number of esters is 1. The van der Waals surface area contributed by atoms with E-state index in [2.05, 4.69) is 15.2 Å². The highest BCUT2D eigenvalue weighted by Crippen LogP contribution is 2.26. The van der Waals surface area contributed by atoms with Crippen molar-refractivity contribution in [2.24, 2.45) is 5.10 Å². The molecule has 1 aromatic heterocycles. The van der Waals surface area contributed by atoms with Gasteiger partial charge in [0.15, 0.2) is 0 Å². The lowest BCUT2D eigenvalue weighted by Gasteiger charge is -2.10. The predicted octanol–water partition coefficient (Wildman–Crippen LogP) is 5.23. The number of rotatable bonds is 11. The maximum Gasteiger partial charge on any atom is 0.340 e. The highest BCUT2D eigenvalue weighted by atomic mass is 32.2. The highest BCUT2D eigenvalue weighted by Gasteiger charge is 2.24. The minimum Gasteiger partial charge on any atom is -0.494 e. The number of hydrogen-bond acceptors (Lipinski definition) is 7. The molecule has 0 unspecified atom stereocenters. The van der Waals surface area contributed by atoms with Crippen LogP contribution in [0, 0.1) is 13.8 Å². The van der Waals surface area contributed by atoms with Crippen LogP contribution < -0.4 is 14.9 Å². The second-order valence-corrected chi connectivity index (χ2v) is 10.8. The zero-order chi connectivity index (χ0) is 30.3. The first kappa shape index (κ1) is 30.1. The largest absolute Gasteiger partial charge is 0.494 e. The molecule has 4 rings (SSSR count). The van der Waals surface area contributed by atoms with E-state index in [1.807, 2.05) is 55.7 Å². The third kappa shape index (κ3) is 6.69. The van der Waals surface area contributed by atoms with Gasteiger partial charge in [0.2, 0.25) is 0 Å². The van der Waals surface area contributed by atoms with Crippen molar-refractivity contribution in [3.63, 3.8) is 0 Å². The van der Waals surface area contributed by atoms with Crippen molar-refractivity contribution in [3.8, 4) is 11.4 Å². The van der Waals surface area contributed by atoms with Crippen LogP contribution in [0.15, 0.2) is 88.9 Å². The van der Waals surface area contributed by atoms with Gasteiger partial charge in [0.05, 0.1) is 29.9 Å². The number of benzene rings is 3. The Labute approximate surface area is 245 Å². The molecule has 0 spiro atoms. The lowest BCUT2D eigenvalue weighted by atomic mass is 10.1. The van der Waals surface area contributed by atoms with Gasteiger partial charge in [-0.3, -0.25) is 9.52 Å². The second kappa shape index (κ2) is 13.2. The molecule has 4 aromatic rings. The molecule has 11 heteroatoms. The third-order valence-electron chi connectivity index (χ3n) is 6.39. The smallest absolute Gasteiger partial charge is 0.340 e. The normalized spacial score (nSPS) is 11.3. The van der Waals surface area contributed by atoms with Gasteiger partial charge in [-0.1, -0.05) is 18.2 Å². The SMILES string of the molecule is CCOC(=O)c1c(C=NNC(=O)c2ccc(NS(=O)(=O)c3ccc(OCC)cc3)cc2)c(C)n(-c2ccccc2)c1C. The second-order valence-electron chi connectivity index (χ2n) is 9.14. The molecule has 42 heavy (non-hydrogen) atoms. The van der Waals surface area contributed by atoms with Crippen molar-refractivity contribution in [2.45, 2.75) is 32.6 Å². The summed E-state index contributed by atoms with van der Waals surface area (Å²) in [5, 5.41) is 4.10. The molecular formula is C31H32N4O6S. The van der Waals surface area contributed by atoms with Gasteiger partial charge >= 0.3 is 5.97 Å². The number of amides is 1. The fraction of sp³-hybridized carbons (Fsp3) is 0.194. The number of nitrogens with one attached hydrogen (secondary N) is 2. The molecule has 3 aromatic carbocycles. The molecular weight excluding hydrogens is 556 g/mol. The number of sulfonamides is 1. The highest BCUT2D eigenvalue weighted by molar-refractivity contribution is 7.92. The van der Waals surface area contributed by atoms with E-state index >= 15 is 0 Å². The molecule has 0 bridgehead atoms. The monoisotopic (exact) mass is 588 g/mol. The minimum absolute atomic E-state index is 0.0796. The van der Waals surface area contributed by atoms with Crippen LogP contribution in [0.5, 0.6) is 5.75 Å². The average Bonchev–Trinajstić information content (AvgIpc) is 3.23. The molecule has 1 heterocycles. The van der Waals surface area contributed by atoms with Crippen LogP contribution >= 0.6 is 0 Å². The van der Waals surface area contributed by atoms with Gasteiger partial charge in [-0.05, 0) is 88.4 Å². The summed E-state index contributed by atoms with van der Waals surface area (Å²) in [6.07, 6.45) is 1.42. The van der Waals surface area contributed by atoms with Gasteiger partial charge in [0.1, 0.15) is 5.75 Å². The van der Waals surface area contributed by atoms with E-state index in [0.717, 1.165) is 11.4 Å². The molecule has 0 fully saturated rings. The van der Waals surface area contributed by atoms with Gasteiger partial charge < -0.3 is 14.0 Å². The van der Waals surface area contributed by atoms with Crippen molar-refractivity contribution in [1.82, 2.24) is 9.99 Å². The maximum absolute atomic E-state index is 12.8. The average molecular weight is 589 g/mol. The van der Waals surface area contributed by atoms with E-state index in [0.29, 0.717) is 29.2 Å². The Bertz CT molecular complexity index is 1700. The Balaban J connectivity index is 1.49. The number of hydrogen-bond donors (Lipinski definition) is 2. The number of aromatic nitrogens is 1. The summed E-state index contributed by atoms with van der Waals surface area (Å²) < 4.78 is 40.5. The van der Waals surface area contributed by atoms with Crippen LogP contribution in [0.1, 0.15) is 51.5 Å². The number of ether oxygens (including phenoxy) is 2. The molecule has 0 saturated carbocycles. The predicted molar refractivity (Wildman–Crippen MR) is 161 cm³/mol. The van der Waals surface area contributed by atoms with E-state index < -0.39 is 21.9 Å². The van der Waals surface area contributed by atoms with Crippen LogP contribution in [0.4, 0.5) is 5.69 Å². The third-order valence-corrected chi connectivity index (χ3v) is 7.79. The number of nitrogens with zero attached hydrogens (tertiary/aromatic N) is 2. The molecule has 0 aliphatic rings. The molecule has 0 saturated heterocycles. The van der Waals surface area contributed by atoms with Gasteiger partial charge in [-0.15, -0.1) is 0 Å². The maximum atomic E-state index is 12.8. The molecule has 0 aliphatic heterocycles. The molecule has 0 aliphatic carbocycles. The quantitative estimate of drug-likeness (QED) is 0.140. The molecule has 10 nitrogen and oxygen atoms in total. The van der Waals surface area contributed by atoms with Crippen molar-refractivity contribution >= 4 is 33.8 Å². The minimum atomic E-state index is -3.83. The first-order valence-corrected chi connectivity index (χ1v) is 14.8. The Kier molecular flexibility index (Phi) is 9.43. The van der Waals surface area contributed by atoms with Crippen LogP contribution in [-0.4, -0.2) is 44.3 Å². The Morgan fingerprint density at radius 3 is 2.17 bits per heavy atom. The van der Waals surface area contributed by atoms with Gasteiger partial charge in [-0.2, -0.15) is 5.10 Å². The van der Waals surface area contributed by atoms with E-state index in [-0.39, 0.29) is 22.8 Å². The standard InChI is InChI=1S/C31H32N4O6S/c1-5-40-26-16-18-27(19-17-26)42(38,39)34-24-14-12-23(13-15-24)30(36)33-32-20-28-21(3)35(25-10-8-7-9-11-25)22(4)29(28)31(37)41-6-2/h7-20,34H,5-6H2,1-4H3,(H,33,36). The summed E-state index contributed by atoms with van der Waals surface area (Å²) in [5.74, 6) is -0.420. The van der Waals surface area contributed by atoms with Gasteiger partial charge in [0, 0.05) is 33.9 Å². The van der Waals surface area contributed by atoms with Crippen LogP contribution in [0.25, 0.3) is 5.69 Å². The summed E-state index contributed by atoms with van der Waals surface area (Å²) in [4.78, 5) is 25.7. The van der Waals surface area contributed by atoms with Gasteiger partial charge in [0.25, 0.3) is 15.9 Å². The number of hydrazone groups is 1. The van der Waals surface area contributed by atoms with Crippen LogP contribution in [0.3, 0.4) is 0 Å².